The fraction of sp³-hybridized carbons (Fsp3) is 0.400. The van der Waals surface area contributed by atoms with Gasteiger partial charge in [-0.15, -0.1) is 0 Å². The van der Waals surface area contributed by atoms with Crippen LogP contribution in [0.5, 0.6) is 0 Å². The molecule has 8 heteroatoms. The molecule has 5 rings (SSSR count). The van der Waals surface area contributed by atoms with Gasteiger partial charge in [0.1, 0.15) is 4.90 Å². The third kappa shape index (κ3) is 5.17. The maximum atomic E-state index is 11.5. The molecule has 6 nitrogen and oxygen atoms in total. The van der Waals surface area contributed by atoms with Gasteiger partial charge in [0.05, 0.1) is 6.20 Å². The molecular formula is C25H29ClN4O2S. The molecule has 0 bridgehead atoms. The number of aryl methyl sites for hydroxylation is 2. The van der Waals surface area contributed by atoms with E-state index in [-0.39, 0.29) is 4.90 Å². The van der Waals surface area contributed by atoms with E-state index in [1.165, 1.54) is 54.2 Å². The van der Waals surface area contributed by atoms with Crippen LogP contribution in [0.4, 0.5) is 0 Å². The van der Waals surface area contributed by atoms with Crippen molar-refractivity contribution in [3.63, 3.8) is 0 Å². The summed E-state index contributed by atoms with van der Waals surface area (Å²) in [5.74, 6) is 1.08. The average Bonchev–Trinajstić information content (AvgIpc) is 3.34. The Balaban J connectivity index is 1.35. The summed E-state index contributed by atoms with van der Waals surface area (Å²) < 4.78 is 24.6. The van der Waals surface area contributed by atoms with Gasteiger partial charge in [-0.25, -0.2) is 13.6 Å². The van der Waals surface area contributed by atoms with Crippen molar-refractivity contribution in [2.75, 3.05) is 19.6 Å². The van der Waals surface area contributed by atoms with E-state index in [9.17, 15) is 8.42 Å². The molecule has 2 aliphatic rings. The van der Waals surface area contributed by atoms with Crippen LogP contribution >= 0.6 is 11.6 Å². The Labute approximate surface area is 200 Å². The molecule has 1 aliphatic heterocycles. The van der Waals surface area contributed by atoms with E-state index in [2.05, 4.69) is 40.3 Å². The standard InChI is InChI=1S/C25H29ClN4O2S/c26-22-4-1-3-19(11-22)13-25-21(16-29-8-2-9-29)14-20-6-5-18(12-24(20)25)7-10-30-17-23(15-28-30)33(27,31)32/h1,3-6,11-12,15,17,21,25H,2,7-10,13-14,16H2,(H2,27,31,32). The molecular weight excluding hydrogens is 456 g/mol. The molecule has 2 unspecified atom stereocenters. The minimum absolute atomic E-state index is 0.0480. The van der Waals surface area contributed by atoms with E-state index in [4.69, 9.17) is 16.7 Å². The number of rotatable bonds is 8. The number of fused-ring (bicyclic) bond motifs is 1. The van der Waals surface area contributed by atoms with Gasteiger partial charge in [-0.3, -0.25) is 4.68 Å². The Morgan fingerprint density at radius 1 is 1.12 bits per heavy atom. The molecule has 1 saturated heterocycles. The van der Waals surface area contributed by atoms with Crippen LogP contribution in [0.2, 0.25) is 5.02 Å². The topological polar surface area (TPSA) is 81.2 Å². The second kappa shape index (κ2) is 9.22. The first-order valence-corrected chi connectivity index (χ1v) is 13.4. The Morgan fingerprint density at radius 3 is 2.67 bits per heavy atom. The molecule has 1 aliphatic carbocycles. The smallest absolute Gasteiger partial charge is 0.241 e. The highest BCUT2D eigenvalue weighted by atomic mass is 35.5. The lowest BCUT2D eigenvalue weighted by atomic mass is 9.85. The molecule has 0 saturated carbocycles. The first-order chi connectivity index (χ1) is 15.8. The van der Waals surface area contributed by atoms with Gasteiger partial charge in [-0.2, -0.15) is 5.10 Å². The monoisotopic (exact) mass is 484 g/mol. The SMILES string of the molecule is NS(=O)(=O)c1cnn(CCc2ccc3c(c2)C(Cc2cccc(Cl)c2)C(CN2CCC2)C3)c1. The van der Waals surface area contributed by atoms with E-state index < -0.39 is 10.0 Å². The van der Waals surface area contributed by atoms with Crippen molar-refractivity contribution in [3.05, 3.63) is 82.1 Å². The summed E-state index contributed by atoms with van der Waals surface area (Å²) in [5.41, 5.74) is 5.42. The zero-order valence-corrected chi connectivity index (χ0v) is 20.1. The van der Waals surface area contributed by atoms with Crippen molar-refractivity contribution in [2.45, 2.75) is 43.0 Å². The number of hydrogen-bond acceptors (Lipinski definition) is 4. The van der Waals surface area contributed by atoms with Crippen LogP contribution in [0.25, 0.3) is 0 Å². The molecule has 1 fully saturated rings. The number of aromatic nitrogens is 2. The summed E-state index contributed by atoms with van der Waals surface area (Å²) in [6.45, 7) is 4.18. The molecule has 33 heavy (non-hydrogen) atoms. The van der Waals surface area contributed by atoms with Crippen LogP contribution in [-0.2, 0) is 35.8 Å². The molecule has 2 heterocycles. The van der Waals surface area contributed by atoms with Gasteiger partial charge in [0, 0.05) is 24.3 Å². The van der Waals surface area contributed by atoms with Crippen molar-refractivity contribution in [1.82, 2.24) is 14.7 Å². The summed E-state index contributed by atoms with van der Waals surface area (Å²) >= 11 is 6.28. The van der Waals surface area contributed by atoms with Crippen LogP contribution in [0.1, 0.15) is 34.6 Å². The first kappa shape index (κ1) is 22.6. The maximum absolute atomic E-state index is 11.5. The van der Waals surface area contributed by atoms with Crippen molar-refractivity contribution in [2.24, 2.45) is 11.1 Å². The van der Waals surface area contributed by atoms with Crippen LogP contribution in [0.3, 0.4) is 0 Å². The highest BCUT2D eigenvalue weighted by Crippen LogP contribution is 2.42. The van der Waals surface area contributed by atoms with Crippen LogP contribution in [-0.4, -0.2) is 42.7 Å². The Hall–Kier alpha value is -2.19. The van der Waals surface area contributed by atoms with Gasteiger partial charge in [0.2, 0.25) is 10.0 Å². The molecule has 1 aromatic heterocycles. The minimum atomic E-state index is -3.72. The predicted octanol–water partition coefficient (Wildman–Crippen LogP) is 3.63. The van der Waals surface area contributed by atoms with E-state index in [1.807, 2.05) is 12.1 Å². The van der Waals surface area contributed by atoms with E-state index in [1.54, 1.807) is 4.68 Å². The average molecular weight is 485 g/mol. The Bertz CT molecular complexity index is 1250. The first-order valence-electron chi connectivity index (χ1n) is 11.5. The summed E-state index contributed by atoms with van der Waals surface area (Å²) in [7, 11) is -3.72. The third-order valence-corrected chi connectivity index (χ3v) is 8.12. The molecule has 0 spiro atoms. The molecule has 2 aromatic carbocycles. The summed E-state index contributed by atoms with van der Waals surface area (Å²) in [5, 5.41) is 10.1. The second-order valence-corrected chi connectivity index (χ2v) is 11.3. The van der Waals surface area contributed by atoms with E-state index in [0.717, 1.165) is 30.8 Å². The van der Waals surface area contributed by atoms with Crippen molar-refractivity contribution >= 4 is 21.6 Å². The fourth-order valence-corrected chi connectivity index (χ4v) is 5.82. The lowest BCUT2D eigenvalue weighted by Crippen LogP contribution is -2.41. The highest BCUT2D eigenvalue weighted by molar-refractivity contribution is 7.89. The summed E-state index contributed by atoms with van der Waals surface area (Å²) in [6, 6.07) is 15.1. The zero-order valence-electron chi connectivity index (χ0n) is 18.5. The van der Waals surface area contributed by atoms with Crippen LogP contribution < -0.4 is 5.14 Å². The predicted molar refractivity (Wildman–Crippen MR) is 130 cm³/mol. The Kier molecular flexibility index (Phi) is 6.31. The number of hydrogen-bond donors (Lipinski definition) is 1. The minimum Gasteiger partial charge on any atom is -0.303 e. The molecule has 3 aromatic rings. The largest absolute Gasteiger partial charge is 0.303 e. The molecule has 0 radical (unpaired) electrons. The third-order valence-electron chi connectivity index (χ3n) is 7.01. The second-order valence-electron chi connectivity index (χ2n) is 9.33. The lowest BCUT2D eigenvalue weighted by Gasteiger charge is -2.35. The molecule has 174 valence electrons. The molecule has 2 N–H and O–H groups in total. The number of nitrogens with zero attached hydrogens (tertiary/aromatic N) is 3. The van der Waals surface area contributed by atoms with Crippen LogP contribution in [0, 0.1) is 5.92 Å². The normalized spacial score (nSPS) is 20.5. The molecule has 2 atom stereocenters. The van der Waals surface area contributed by atoms with Gasteiger partial charge in [0.15, 0.2) is 0 Å². The van der Waals surface area contributed by atoms with E-state index >= 15 is 0 Å². The number of primary sulfonamides is 1. The van der Waals surface area contributed by atoms with Crippen molar-refractivity contribution in [1.29, 1.82) is 0 Å². The lowest BCUT2D eigenvalue weighted by molar-refractivity contribution is 0.145. The van der Waals surface area contributed by atoms with Gasteiger partial charge in [0.25, 0.3) is 0 Å². The number of halogens is 1. The number of sulfonamides is 1. The summed E-state index contributed by atoms with van der Waals surface area (Å²) in [4.78, 5) is 2.62. The number of likely N-dealkylation sites (tertiary alicyclic amines) is 1. The van der Waals surface area contributed by atoms with Crippen molar-refractivity contribution < 1.29 is 8.42 Å². The van der Waals surface area contributed by atoms with Crippen LogP contribution in [0.15, 0.2) is 59.8 Å². The van der Waals surface area contributed by atoms with Gasteiger partial charge in [-0.05, 0) is 85.0 Å². The maximum Gasteiger partial charge on any atom is 0.241 e. The fourth-order valence-electron chi connectivity index (χ4n) is 5.15. The highest BCUT2D eigenvalue weighted by Gasteiger charge is 2.34. The van der Waals surface area contributed by atoms with E-state index in [0.29, 0.717) is 18.4 Å². The zero-order chi connectivity index (χ0) is 23.0. The van der Waals surface area contributed by atoms with Gasteiger partial charge < -0.3 is 4.90 Å². The Morgan fingerprint density at radius 2 is 1.97 bits per heavy atom. The van der Waals surface area contributed by atoms with Crippen molar-refractivity contribution in [3.8, 4) is 0 Å². The van der Waals surface area contributed by atoms with Gasteiger partial charge >= 0.3 is 0 Å². The quantitative estimate of drug-likeness (QED) is 0.529. The number of nitrogens with two attached hydrogens (primary N) is 1. The summed E-state index contributed by atoms with van der Waals surface area (Å²) in [6.07, 6.45) is 7.00. The van der Waals surface area contributed by atoms with Gasteiger partial charge in [-0.1, -0.05) is 41.9 Å². The number of benzene rings is 2. The molecule has 0 amide bonds.